The quantitative estimate of drug-likeness (QED) is 0.256. The monoisotopic (exact) mass is 457 g/mol. The van der Waals surface area contributed by atoms with E-state index in [1.165, 1.54) is 12.1 Å². The molecule has 2 atom stereocenters. The molecule has 0 radical (unpaired) electrons. The number of non-ortho nitro benzene ring substituents is 1. The average molecular weight is 458 g/mol. The summed E-state index contributed by atoms with van der Waals surface area (Å²) in [5.41, 5.74) is 3.07. The van der Waals surface area contributed by atoms with Gasteiger partial charge in [-0.05, 0) is 60.7 Å². The molecule has 4 aromatic rings. The molecule has 2 aromatic heterocycles. The van der Waals surface area contributed by atoms with Crippen molar-refractivity contribution in [1.29, 1.82) is 0 Å². The Morgan fingerprint density at radius 2 is 1.76 bits per heavy atom. The lowest BCUT2D eigenvalue weighted by atomic mass is 10.0. The number of phenols is 1. The Kier molecular flexibility index (Phi) is 5.23. The average Bonchev–Trinajstić information content (AvgIpc) is 3.44. The number of aromatic hydroxyl groups is 1. The van der Waals surface area contributed by atoms with Gasteiger partial charge in [0, 0.05) is 35.9 Å². The number of aromatic nitrogens is 2. The molecule has 33 heavy (non-hydrogen) atoms. The molecule has 0 bridgehead atoms. The SMILES string of the molecule is O=[N+]([O-])c1ccc(-n2cccc2C2C(c3ccccn3)NC(=S)N2c2ccccc2O)cc1. The molecule has 1 saturated heterocycles. The van der Waals surface area contributed by atoms with E-state index >= 15 is 0 Å². The van der Waals surface area contributed by atoms with E-state index in [9.17, 15) is 15.2 Å². The predicted octanol–water partition coefficient (Wildman–Crippen LogP) is 4.66. The molecule has 8 nitrogen and oxygen atoms in total. The third-order valence-electron chi connectivity index (χ3n) is 5.66. The van der Waals surface area contributed by atoms with E-state index in [4.69, 9.17) is 12.2 Å². The number of rotatable bonds is 5. The van der Waals surface area contributed by atoms with Gasteiger partial charge in [0.1, 0.15) is 11.8 Å². The van der Waals surface area contributed by atoms with E-state index in [2.05, 4.69) is 10.3 Å². The van der Waals surface area contributed by atoms with E-state index in [1.807, 2.05) is 58.1 Å². The summed E-state index contributed by atoms with van der Waals surface area (Å²) in [6, 6.07) is 22.4. The van der Waals surface area contributed by atoms with Crippen LogP contribution in [0.15, 0.2) is 91.3 Å². The van der Waals surface area contributed by atoms with E-state index in [-0.39, 0.29) is 23.5 Å². The fourth-order valence-electron chi connectivity index (χ4n) is 4.19. The summed E-state index contributed by atoms with van der Waals surface area (Å²) >= 11 is 5.71. The zero-order chi connectivity index (χ0) is 22.9. The number of thiocarbonyl (C=S) groups is 1. The van der Waals surface area contributed by atoms with Gasteiger partial charge in [-0.1, -0.05) is 18.2 Å². The van der Waals surface area contributed by atoms with E-state index < -0.39 is 4.92 Å². The normalized spacial score (nSPS) is 17.7. The zero-order valence-corrected chi connectivity index (χ0v) is 18.1. The molecule has 3 heterocycles. The van der Waals surface area contributed by atoms with Crippen LogP contribution in [0.25, 0.3) is 5.69 Å². The molecule has 164 valence electrons. The number of nitro groups is 1. The van der Waals surface area contributed by atoms with Crippen molar-refractivity contribution in [2.45, 2.75) is 12.1 Å². The zero-order valence-electron chi connectivity index (χ0n) is 17.3. The highest BCUT2D eigenvalue weighted by atomic mass is 32.1. The highest BCUT2D eigenvalue weighted by Crippen LogP contribution is 2.44. The van der Waals surface area contributed by atoms with Crippen molar-refractivity contribution in [2.75, 3.05) is 4.90 Å². The van der Waals surface area contributed by atoms with Crippen molar-refractivity contribution < 1.29 is 10.0 Å². The molecule has 0 spiro atoms. The van der Waals surface area contributed by atoms with Gasteiger partial charge in [-0.15, -0.1) is 0 Å². The van der Waals surface area contributed by atoms with E-state index in [0.29, 0.717) is 10.8 Å². The second kappa shape index (κ2) is 8.36. The van der Waals surface area contributed by atoms with Crippen LogP contribution in [0.3, 0.4) is 0 Å². The Hall–Kier alpha value is -4.24. The summed E-state index contributed by atoms with van der Waals surface area (Å²) < 4.78 is 1.97. The molecule has 2 N–H and O–H groups in total. The van der Waals surface area contributed by atoms with Crippen molar-refractivity contribution in [3.05, 3.63) is 113 Å². The van der Waals surface area contributed by atoms with E-state index in [1.54, 1.807) is 30.5 Å². The molecule has 2 aromatic carbocycles. The first-order chi connectivity index (χ1) is 16.0. The van der Waals surface area contributed by atoms with Crippen molar-refractivity contribution in [3.8, 4) is 11.4 Å². The number of phenolic OH excluding ortho intramolecular Hbond substituents is 1. The van der Waals surface area contributed by atoms with E-state index in [0.717, 1.165) is 17.1 Å². The number of nitro benzene ring substituents is 1. The number of nitrogens with one attached hydrogen (secondary N) is 1. The number of para-hydroxylation sites is 2. The molecule has 5 rings (SSSR count). The van der Waals surface area contributed by atoms with Gasteiger partial charge in [0.15, 0.2) is 5.11 Å². The third kappa shape index (κ3) is 3.68. The van der Waals surface area contributed by atoms with Crippen LogP contribution in [0.4, 0.5) is 11.4 Å². The summed E-state index contributed by atoms with van der Waals surface area (Å²) in [5.74, 6) is 0.113. The standard InChI is InChI=1S/C24H19N5O3S/c30-21-9-2-1-7-19(21)28-23(22(26-24(28)33)18-6-3-4-14-25-18)20-8-5-15-27(20)16-10-12-17(13-11-16)29(31)32/h1-15,22-23,30H,(H,26,33). The number of nitrogens with zero attached hydrogens (tertiary/aromatic N) is 4. The minimum Gasteiger partial charge on any atom is -0.506 e. The molecule has 0 saturated carbocycles. The summed E-state index contributed by atoms with van der Waals surface area (Å²) in [7, 11) is 0. The fraction of sp³-hybridized carbons (Fsp3) is 0.0833. The second-order valence-electron chi connectivity index (χ2n) is 7.56. The largest absolute Gasteiger partial charge is 0.506 e. The molecule has 1 aliphatic heterocycles. The molecule has 0 amide bonds. The van der Waals surface area contributed by atoms with Gasteiger partial charge in [0.05, 0.1) is 22.3 Å². The minimum absolute atomic E-state index is 0.0263. The topological polar surface area (TPSA) is 96.5 Å². The third-order valence-corrected chi connectivity index (χ3v) is 5.98. The Morgan fingerprint density at radius 1 is 1.00 bits per heavy atom. The molecule has 9 heteroatoms. The fourth-order valence-corrected chi connectivity index (χ4v) is 4.53. The molecule has 0 aliphatic carbocycles. The maximum Gasteiger partial charge on any atom is 0.269 e. The van der Waals surface area contributed by atoms with Gasteiger partial charge in [-0.3, -0.25) is 15.1 Å². The van der Waals surface area contributed by atoms with Gasteiger partial charge in [-0.25, -0.2) is 0 Å². The van der Waals surface area contributed by atoms with Crippen LogP contribution in [0, 0.1) is 10.1 Å². The molecule has 1 aliphatic rings. The maximum absolute atomic E-state index is 11.1. The molecule has 2 unspecified atom stereocenters. The summed E-state index contributed by atoms with van der Waals surface area (Å²) in [6.45, 7) is 0. The van der Waals surface area contributed by atoms with Crippen LogP contribution in [0.2, 0.25) is 0 Å². The van der Waals surface area contributed by atoms with Crippen LogP contribution in [0.1, 0.15) is 23.5 Å². The number of anilines is 1. The van der Waals surface area contributed by atoms with Gasteiger partial charge in [0.25, 0.3) is 5.69 Å². The molecular weight excluding hydrogens is 438 g/mol. The highest BCUT2D eigenvalue weighted by Gasteiger charge is 2.42. The highest BCUT2D eigenvalue weighted by molar-refractivity contribution is 7.80. The van der Waals surface area contributed by atoms with Crippen molar-refractivity contribution in [1.82, 2.24) is 14.9 Å². The second-order valence-corrected chi connectivity index (χ2v) is 7.95. The Labute approximate surface area is 194 Å². The first-order valence-electron chi connectivity index (χ1n) is 10.3. The minimum atomic E-state index is -0.420. The lowest BCUT2D eigenvalue weighted by Gasteiger charge is -2.29. The van der Waals surface area contributed by atoms with Crippen molar-refractivity contribution in [2.24, 2.45) is 0 Å². The Bertz CT molecular complexity index is 1320. The first-order valence-corrected chi connectivity index (χ1v) is 10.7. The van der Waals surface area contributed by atoms with Crippen molar-refractivity contribution >= 4 is 28.7 Å². The number of pyridine rings is 1. The number of hydrogen-bond acceptors (Lipinski definition) is 5. The Balaban J connectivity index is 1.65. The Morgan fingerprint density at radius 3 is 2.45 bits per heavy atom. The van der Waals surface area contributed by atoms with Crippen LogP contribution in [-0.2, 0) is 0 Å². The van der Waals surface area contributed by atoms with Gasteiger partial charge >= 0.3 is 0 Å². The molecule has 1 fully saturated rings. The summed E-state index contributed by atoms with van der Waals surface area (Å²) in [6.07, 6.45) is 3.63. The first kappa shape index (κ1) is 20.7. The number of hydrogen-bond donors (Lipinski definition) is 2. The smallest absolute Gasteiger partial charge is 0.269 e. The van der Waals surface area contributed by atoms with Crippen LogP contribution in [-0.4, -0.2) is 24.7 Å². The van der Waals surface area contributed by atoms with Gasteiger partial charge < -0.3 is 19.9 Å². The van der Waals surface area contributed by atoms with Gasteiger partial charge in [-0.2, -0.15) is 0 Å². The molecular formula is C24H19N5O3S. The predicted molar refractivity (Wildman–Crippen MR) is 128 cm³/mol. The van der Waals surface area contributed by atoms with Gasteiger partial charge in [0.2, 0.25) is 0 Å². The summed E-state index contributed by atoms with van der Waals surface area (Å²) in [5, 5.41) is 25.5. The maximum atomic E-state index is 11.1. The van der Waals surface area contributed by atoms with Crippen LogP contribution in [0.5, 0.6) is 5.75 Å². The lowest BCUT2D eigenvalue weighted by molar-refractivity contribution is -0.384. The number of benzene rings is 2. The van der Waals surface area contributed by atoms with Crippen LogP contribution < -0.4 is 10.2 Å². The van der Waals surface area contributed by atoms with Crippen molar-refractivity contribution in [3.63, 3.8) is 0 Å². The van der Waals surface area contributed by atoms with Crippen LogP contribution >= 0.6 is 12.2 Å². The lowest BCUT2D eigenvalue weighted by Crippen LogP contribution is -2.30. The summed E-state index contributed by atoms with van der Waals surface area (Å²) in [4.78, 5) is 17.1.